The Bertz CT molecular complexity index is 1550. The molecule has 0 unspecified atom stereocenters. The molecule has 0 saturated heterocycles. The van der Waals surface area contributed by atoms with E-state index in [1.807, 2.05) is 36.5 Å². The molecule has 0 radical (unpaired) electrons. The quantitative estimate of drug-likeness (QED) is 0.149. The molecule has 4 aromatic rings. The highest BCUT2D eigenvalue weighted by molar-refractivity contribution is 7.82. The number of aromatic nitrogens is 2. The molecule has 2 nitrogen and oxygen atoms in total. The van der Waals surface area contributed by atoms with Gasteiger partial charge in [-0.15, -0.1) is 34.1 Å². The van der Waals surface area contributed by atoms with Crippen LogP contribution >= 0.6 is 58.8 Å². The van der Waals surface area contributed by atoms with Crippen molar-refractivity contribution in [3.05, 3.63) is 105 Å². The highest BCUT2D eigenvalue weighted by atomic mass is 32.1. The lowest BCUT2D eigenvalue weighted by Crippen LogP contribution is -1.94. The molecule has 0 amide bonds. The summed E-state index contributed by atoms with van der Waals surface area (Å²) < 4.78 is 9.28. The minimum atomic E-state index is 0.824. The van der Waals surface area contributed by atoms with Crippen molar-refractivity contribution < 1.29 is 0 Å². The number of nitrogens with zero attached hydrogens (tertiary/aromatic N) is 2. The Morgan fingerprint density at radius 3 is 1.58 bits per heavy atom. The van der Waals surface area contributed by atoms with Crippen LogP contribution in [0.25, 0.3) is 31.9 Å². The zero-order valence-corrected chi connectivity index (χ0v) is 20.9. The van der Waals surface area contributed by atoms with Gasteiger partial charge >= 0.3 is 0 Å². The van der Waals surface area contributed by atoms with Gasteiger partial charge in [0.2, 0.25) is 0 Å². The fourth-order valence-corrected chi connectivity index (χ4v) is 6.87. The van der Waals surface area contributed by atoms with E-state index in [0.29, 0.717) is 0 Å². The summed E-state index contributed by atoms with van der Waals surface area (Å²) >= 11 is 15.9. The van der Waals surface area contributed by atoms with E-state index in [0.717, 1.165) is 62.5 Å². The second-order valence-electron chi connectivity index (χ2n) is 7.28. The number of benzene rings is 1. The smallest absolute Gasteiger partial charge is 0.114 e. The largest absolute Gasteiger partial charge is 0.172 e. The molecule has 2 aliphatic rings. The number of hydrogen-bond donors (Lipinski definition) is 0. The Kier molecular flexibility index (Phi) is 5.33. The van der Waals surface area contributed by atoms with Crippen LogP contribution in [-0.2, 0) is 0 Å². The number of allylic oxidation sites excluding steroid dienone is 6. The Morgan fingerprint density at radius 2 is 1.15 bits per heavy atom. The predicted octanol–water partition coefficient (Wildman–Crippen LogP) is 7.89. The van der Waals surface area contributed by atoms with Crippen molar-refractivity contribution in [2.24, 2.45) is 0 Å². The fraction of sp³-hybridized carbons (Fsp3) is 0. The molecule has 0 N–H and O–H groups in total. The Balaban J connectivity index is 1.36. The summed E-state index contributed by atoms with van der Waals surface area (Å²) in [7, 11) is 0. The minimum absolute atomic E-state index is 0.824. The first-order valence-corrected chi connectivity index (χ1v) is 13.2. The second-order valence-corrected chi connectivity index (χ2v) is 10.8. The van der Waals surface area contributed by atoms with E-state index in [4.69, 9.17) is 24.4 Å². The third kappa shape index (κ3) is 3.70. The molecule has 0 saturated carbocycles. The van der Waals surface area contributed by atoms with Crippen LogP contribution in [0, 0.1) is 0 Å². The number of fused-ring (bicyclic) bond motifs is 1. The molecule has 0 aliphatic heterocycles. The molecule has 1 aromatic carbocycles. The zero-order chi connectivity index (χ0) is 22.4. The number of thiocarbonyl (C=S) groups is 2. The summed E-state index contributed by atoms with van der Waals surface area (Å²) in [6.45, 7) is 0. The van der Waals surface area contributed by atoms with E-state index in [2.05, 4.69) is 56.6 Å². The van der Waals surface area contributed by atoms with Gasteiger partial charge in [-0.1, -0.05) is 48.7 Å². The maximum atomic E-state index is 5.66. The molecule has 0 fully saturated rings. The van der Waals surface area contributed by atoms with Crippen LogP contribution < -0.4 is 0 Å². The van der Waals surface area contributed by atoms with E-state index in [9.17, 15) is 0 Å². The van der Waals surface area contributed by atoms with Gasteiger partial charge in [0.05, 0.1) is 21.5 Å². The standard InChI is InChI=1S/C26H12N2S5/c29-25(15-5-1-2-6-15)21-13-11-19(31-21)17-9-10-18(24-23(17)27-33-28-24)20-12-14-22(32-20)26(30)16-7-3-4-8-16/h1-5,7,9-14H. The van der Waals surface area contributed by atoms with E-state index >= 15 is 0 Å². The average molecular weight is 513 g/mol. The van der Waals surface area contributed by atoms with Crippen LogP contribution in [0.3, 0.4) is 0 Å². The van der Waals surface area contributed by atoms with Gasteiger partial charge in [0.25, 0.3) is 0 Å². The lowest BCUT2D eigenvalue weighted by Gasteiger charge is -2.04. The Hall–Kier alpha value is -2.86. The van der Waals surface area contributed by atoms with Crippen molar-refractivity contribution >= 4 is 79.6 Å². The molecule has 7 heteroatoms. The van der Waals surface area contributed by atoms with Crippen molar-refractivity contribution in [3.8, 4) is 20.9 Å². The Morgan fingerprint density at radius 1 is 0.667 bits per heavy atom. The van der Waals surface area contributed by atoms with E-state index in [1.165, 1.54) is 11.7 Å². The van der Waals surface area contributed by atoms with E-state index < -0.39 is 0 Å². The van der Waals surface area contributed by atoms with Crippen molar-refractivity contribution in [1.82, 2.24) is 8.75 Å². The summed E-state index contributed by atoms with van der Waals surface area (Å²) in [6.07, 6.45) is 11.7. The second kappa shape index (κ2) is 8.49. The molecule has 3 heterocycles. The first-order chi connectivity index (χ1) is 16.2. The topological polar surface area (TPSA) is 25.8 Å². The summed E-state index contributed by atoms with van der Waals surface area (Å²) in [4.78, 5) is 6.02. The molecular weight excluding hydrogens is 501 g/mol. The van der Waals surface area contributed by atoms with Gasteiger partial charge in [-0.05, 0) is 48.6 Å². The molecule has 33 heavy (non-hydrogen) atoms. The van der Waals surface area contributed by atoms with Crippen LogP contribution in [0.2, 0.25) is 0 Å². The first kappa shape index (κ1) is 20.7. The maximum absolute atomic E-state index is 5.66. The summed E-state index contributed by atoms with van der Waals surface area (Å²) in [5.41, 5.74) is 12.3. The normalized spacial score (nSPS) is 13.8. The van der Waals surface area contributed by atoms with Crippen molar-refractivity contribution in [1.29, 1.82) is 0 Å². The van der Waals surface area contributed by atoms with Gasteiger partial charge in [0.1, 0.15) is 11.0 Å². The molecule has 156 valence electrons. The molecule has 0 spiro atoms. The highest BCUT2D eigenvalue weighted by Crippen LogP contribution is 2.40. The van der Waals surface area contributed by atoms with Crippen LogP contribution in [0.1, 0.15) is 9.75 Å². The van der Waals surface area contributed by atoms with Gasteiger partial charge in [0.15, 0.2) is 0 Å². The molecular formula is C26H12N2S5. The lowest BCUT2D eigenvalue weighted by molar-refractivity contribution is 1.63. The summed E-state index contributed by atoms with van der Waals surface area (Å²) in [5.74, 6) is 0. The predicted molar refractivity (Wildman–Crippen MR) is 149 cm³/mol. The maximum Gasteiger partial charge on any atom is 0.114 e. The number of thiophene rings is 2. The molecule has 0 atom stereocenters. The molecule has 6 rings (SSSR count). The Labute approximate surface area is 213 Å². The van der Waals surface area contributed by atoms with Gasteiger partial charge < -0.3 is 0 Å². The third-order valence-corrected chi connectivity index (χ3v) is 9.23. The van der Waals surface area contributed by atoms with E-state index in [-0.39, 0.29) is 0 Å². The SMILES string of the molecule is S=C(C1=C=CC=C1)c1ccc(-c2ccc(-c3ccc(C(=S)C4=C=CC=C4)s3)c3nsnc23)s1. The average Bonchev–Trinajstić information content (AvgIpc) is 3.67. The van der Waals surface area contributed by atoms with Crippen LogP contribution in [0.5, 0.6) is 0 Å². The number of rotatable bonds is 6. The molecule has 2 aliphatic carbocycles. The third-order valence-electron chi connectivity index (χ3n) is 5.29. The van der Waals surface area contributed by atoms with Crippen LogP contribution in [0.15, 0.2) is 95.5 Å². The summed E-state index contributed by atoms with van der Waals surface area (Å²) in [5, 5.41) is 0. The van der Waals surface area contributed by atoms with Crippen LogP contribution in [-0.4, -0.2) is 18.5 Å². The van der Waals surface area contributed by atoms with Gasteiger partial charge in [0, 0.05) is 41.8 Å². The van der Waals surface area contributed by atoms with Crippen molar-refractivity contribution in [3.63, 3.8) is 0 Å². The highest BCUT2D eigenvalue weighted by Gasteiger charge is 2.18. The van der Waals surface area contributed by atoms with Crippen molar-refractivity contribution in [2.45, 2.75) is 0 Å². The first-order valence-electron chi connectivity index (χ1n) is 10.0. The van der Waals surface area contributed by atoms with Crippen molar-refractivity contribution in [2.75, 3.05) is 0 Å². The van der Waals surface area contributed by atoms with Gasteiger partial charge in [-0.25, -0.2) is 0 Å². The lowest BCUT2D eigenvalue weighted by atomic mass is 10.1. The zero-order valence-electron chi connectivity index (χ0n) is 16.9. The van der Waals surface area contributed by atoms with Gasteiger partial charge in [-0.3, -0.25) is 0 Å². The monoisotopic (exact) mass is 512 g/mol. The van der Waals surface area contributed by atoms with E-state index in [1.54, 1.807) is 22.7 Å². The molecule has 3 aromatic heterocycles. The van der Waals surface area contributed by atoms with Crippen LogP contribution in [0.4, 0.5) is 0 Å². The summed E-state index contributed by atoms with van der Waals surface area (Å²) in [6, 6.07) is 12.7. The van der Waals surface area contributed by atoms with Gasteiger partial charge in [-0.2, -0.15) is 8.75 Å². The fourth-order valence-electron chi connectivity index (χ4n) is 3.68. The molecule has 0 bridgehead atoms. The number of hydrogen-bond acceptors (Lipinski definition) is 7. The minimum Gasteiger partial charge on any atom is -0.172 e.